The van der Waals surface area contributed by atoms with Crippen molar-refractivity contribution >= 4 is 5.78 Å². The van der Waals surface area contributed by atoms with Gasteiger partial charge in [0.05, 0.1) is 5.92 Å². The van der Waals surface area contributed by atoms with Gasteiger partial charge in [-0.05, 0) is 36.3 Å². The Hall–Kier alpha value is -2.91. The molecule has 0 aliphatic carbocycles. The highest BCUT2D eigenvalue weighted by Crippen LogP contribution is 2.30. The zero-order valence-electron chi connectivity index (χ0n) is 17.3. The minimum Gasteiger partial charge on any atom is -0.492 e. The molecule has 0 fully saturated rings. The average Bonchev–Trinajstić information content (AvgIpc) is 2.79. The van der Waals surface area contributed by atoms with Gasteiger partial charge < -0.3 is 9.64 Å². The van der Waals surface area contributed by atoms with Crippen molar-refractivity contribution in [1.82, 2.24) is 4.90 Å². The molecule has 3 nitrogen and oxygen atoms in total. The van der Waals surface area contributed by atoms with Crippen LogP contribution in [0.5, 0.6) is 5.75 Å². The van der Waals surface area contributed by atoms with Gasteiger partial charge in [-0.3, -0.25) is 4.79 Å². The Bertz CT molecular complexity index is 872. The van der Waals surface area contributed by atoms with E-state index in [1.165, 1.54) is 0 Å². The van der Waals surface area contributed by atoms with Crippen LogP contribution in [0.4, 0.5) is 0 Å². The highest BCUT2D eigenvalue weighted by atomic mass is 16.5. The standard InChI is InChI=1S/C26H29NO2/c1-3-27(4-2)19-20-29-24-17-15-22(16-18-24)25(21-11-7-5-8-12-21)26(28)23-13-9-6-10-14-23/h5-18,25H,3-4,19-20H2,1-2H3/t25-/m1/s1. The van der Waals surface area contributed by atoms with E-state index >= 15 is 0 Å². The molecular weight excluding hydrogens is 358 g/mol. The van der Waals surface area contributed by atoms with Gasteiger partial charge in [0, 0.05) is 12.1 Å². The third kappa shape index (κ3) is 5.55. The van der Waals surface area contributed by atoms with E-state index in [-0.39, 0.29) is 11.7 Å². The van der Waals surface area contributed by atoms with Crippen LogP contribution < -0.4 is 4.74 Å². The molecule has 29 heavy (non-hydrogen) atoms. The number of rotatable bonds is 10. The largest absolute Gasteiger partial charge is 0.492 e. The van der Waals surface area contributed by atoms with E-state index in [1.807, 2.05) is 84.9 Å². The molecule has 0 unspecified atom stereocenters. The zero-order valence-corrected chi connectivity index (χ0v) is 17.3. The van der Waals surface area contributed by atoms with Crippen molar-refractivity contribution in [3.05, 3.63) is 102 Å². The monoisotopic (exact) mass is 387 g/mol. The number of nitrogens with zero attached hydrogens (tertiary/aromatic N) is 1. The third-order valence-corrected chi connectivity index (χ3v) is 5.24. The highest BCUT2D eigenvalue weighted by molar-refractivity contribution is 6.03. The summed E-state index contributed by atoms with van der Waals surface area (Å²) in [6.45, 7) is 7.94. The fourth-order valence-corrected chi connectivity index (χ4v) is 3.50. The first-order valence-corrected chi connectivity index (χ1v) is 10.3. The van der Waals surface area contributed by atoms with Gasteiger partial charge in [-0.25, -0.2) is 0 Å². The maximum absolute atomic E-state index is 13.3. The lowest BCUT2D eigenvalue weighted by atomic mass is 9.85. The number of carbonyl (C=O) groups excluding carboxylic acids is 1. The number of benzene rings is 3. The molecule has 0 saturated carbocycles. The second kappa shape index (κ2) is 10.6. The van der Waals surface area contributed by atoms with Gasteiger partial charge in [0.2, 0.25) is 0 Å². The molecule has 0 radical (unpaired) electrons. The molecule has 0 aliphatic rings. The van der Waals surface area contributed by atoms with Crippen LogP contribution in [0.3, 0.4) is 0 Å². The summed E-state index contributed by atoms with van der Waals surface area (Å²) >= 11 is 0. The molecule has 0 N–H and O–H groups in total. The van der Waals surface area contributed by atoms with Crippen molar-refractivity contribution in [1.29, 1.82) is 0 Å². The molecule has 0 bridgehead atoms. The predicted octanol–water partition coefficient (Wildman–Crippen LogP) is 5.42. The van der Waals surface area contributed by atoms with E-state index in [0.717, 1.165) is 42.1 Å². The summed E-state index contributed by atoms with van der Waals surface area (Å²) < 4.78 is 5.90. The molecule has 3 heteroatoms. The Morgan fingerprint density at radius 3 is 1.93 bits per heavy atom. The summed E-state index contributed by atoms with van der Waals surface area (Å²) in [4.78, 5) is 15.6. The summed E-state index contributed by atoms with van der Waals surface area (Å²) in [5.74, 6) is 0.607. The Balaban J connectivity index is 1.79. The average molecular weight is 388 g/mol. The first-order chi connectivity index (χ1) is 14.2. The van der Waals surface area contributed by atoms with Crippen LogP contribution in [0, 0.1) is 0 Å². The van der Waals surface area contributed by atoms with Gasteiger partial charge in [0.1, 0.15) is 12.4 Å². The van der Waals surface area contributed by atoms with Crippen molar-refractivity contribution in [2.24, 2.45) is 0 Å². The van der Waals surface area contributed by atoms with Crippen LogP contribution in [0.2, 0.25) is 0 Å². The summed E-state index contributed by atoms with van der Waals surface area (Å²) in [6, 6.07) is 27.4. The van der Waals surface area contributed by atoms with Crippen molar-refractivity contribution in [2.75, 3.05) is 26.2 Å². The molecule has 1 atom stereocenters. The number of likely N-dealkylation sites (N-methyl/N-ethyl adjacent to an activating group) is 1. The maximum Gasteiger partial charge on any atom is 0.174 e. The SMILES string of the molecule is CCN(CC)CCOc1ccc([C@H](C(=O)c2ccccc2)c2ccccc2)cc1. The van der Waals surface area contributed by atoms with Gasteiger partial charge in [0.15, 0.2) is 5.78 Å². The fourth-order valence-electron chi connectivity index (χ4n) is 3.50. The number of ether oxygens (including phenoxy) is 1. The first kappa shape index (κ1) is 20.8. The van der Waals surface area contributed by atoms with Crippen LogP contribution in [0.1, 0.15) is 41.3 Å². The number of carbonyl (C=O) groups is 1. The van der Waals surface area contributed by atoms with E-state index in [4.69, 9.17) is 4.74 Å². The summed E-state index contributed by atoms with van der Waals surface area (Å²) in [7, 11) is 0. The molecule has 150 valence electrons. The minimum absolute atomic E-state index is 0.104. The lowest BCUT2D eigenvalue weighted by Gasteiger charge is -2.19. The molecule has 3 rings (SSSR count). The fraction of sp³-hybridized carbons (Fsp3) is 0.269. The topological polar surface area (TPSA) is 29.5 Å². The molecule has 0 saturated heterocycles. The lowest BCUT2D eigenvalue weighted by Crippen LogP contribution is -2.27. The third-order valence-electron chi connectivity index (χ3n) is 5.24. The molecular formula is C26H29NO2. The maximum atomic E-state index is 13.3. The van der Waals surface area contributed by atoms with E-state index in [9.17, 15) is 4.79 Å². The Morgan fingerprint density at radius 2 is 1.34 bits per heavy atom. The van der Waals surface area contributed by atoms with Crippen LogP contribution in [-0.4, -0.2) is 36.9 Å². The predicted molar refractivity (Wildman–Crippen MR) is 119 cm³/mol. The summed E-state index contributed by atoms with van der Waals surface area (Å²) in [5, 5.41) is 0. The molecule has 0 aliphatic heterocycles. The Labute approximate surface area is 174 Å². The molecule has 0 amide bonds. The normalized spacial score (nSPS) is 12.0. The number of hydrogen-bond donors (Lipinski definition) is 0. The van der Waals surface area contributed by atoms with Crippen molar-refractivity contribution in [3.63, 3.8) is 0 Å². The van der Waals surface area contributed by atoms with E-state index in [0.29, 0.717) is 6.61 Å². The van der Waals surface area contributed by atoms with E-state index < -0.39 is 0 Å². The van der Waals surface area contributed by atoms with Gasteiger partial charge in [-0.1, -0.05) is 86.6 Å². The second-order valence-corrected chi connectivity index (χ2v) is 7.02. The summed E-state index contributed by atoms with van der Waals surface area (Å²) in [5.41, 5.74) is 2.69. The first-order valence-electron chi connectivity index (χ1n) is 10.3. The molecule has 3 aromatic rings. The van der Waals surface area contributed by atoms with E-state index in [2.05, 4.69) is 18.7 Å². The van der Waals surface area contributed by atoms with Crippen LogP contribution in [-0.2, 0) is 0 Å². The van der Waals surface area contributed by atoms with Crippen molar-refractivity contribution in [2.45, 2.75) is 19.8 Å². The van der Waals surface area contributed by atoms with E-state index in [1.54, 1.807) is 0 Å². The molecule has 0 aromatic heterocycles. The molecule has 3 aromatic carbocycles. The van der Waals surface area contributed by atoms with Gasteiger partial charge in [-0.2, -0.15) is 0 Å². The number of ketones is 1. The Kier molecular flexibility index (Phi) is 7.60. The number of hydrogen-bond acceptors (Lipinski definition) is 3. The van der Waals surface area contributed by atoms with Crippen molar-refractivity contribution in [3.8, 4) is 5.75 Å². The van der Waals surface area contributed by atoms with Gasteiger partial charge in [0.25, 0.3) is 0 Å². The number of Topliss-reactive ketones (excluding diaryl/α,β-unsaturated/α-hetero) is 1. The minimum atomic E-state index is -0.330. The zero-order chi connectivity index (χ0) is 20.5. The van der Waals surface area contributed by atoms with Crippen LogP contribution in [0.15, 0.2) is 84.9 Å². The molecule has 0 spiro atoms. The van der Waals surface area contributed by atoms with Gasteiger partial charge >= 0.3 is 0 Å². The summed E-state index contributed by atoms with van der Waals surface area (Å²) in [6.07, 6.45) is 0. The smallest absolute Gasteiger partial charge is 0.174 e. The lowest BCUT2D eigenvalue weighted by molar-refractivity contribution is 0.0974. The van der Waals surface area contributed by atoms with Gasteiger partial charge in [-0.15, -0.1) is 0 Å². The quantitative estimate of drug-likeness (QED) is 0.435. The Morgan fingerprint density at radius 1 is 0.793 bits per heavy atom. The van der Waals surface area contributed by atoms with Crippen LogP contribution in [0.25, 0.3) is 0 Å². The second-order valence-electron chi connectivity index (χ2n) is 7.02. The van der Waals surface area contributed by atoms with Crippen molar-refractivity contribution < 1.29 is 9.53 Å². The highest BCUT2D eigenvalue weighted by Gasteiger charge is 2.23. The van der Waals surface area contributed by atoms with Crippen LogP contribution >= 0.6 is 0 Å². The molecule has 0 heterocycles.